The van der Waals surface area contributed by atoms with Gasteiger partial charge in [0, 0.05) is 34.6 Å². The van der Waals surface area contributed by atoms with Crippen LogP contribution in [0.3, 0.4) is 0 Å². The molecular formula is C26H27NO4. The molecule has 5 heteroatoms. The van der Waals surface area contributed by atoms with Crippen LogP contribution in [0, 0.1) is 6.92 Å². The fourth-order valence-electron chi connectivity index (χ4n) is 4.22. The summed E-state index contributed by atoms with van der Waals surface area (Å²) in [5, 5.41) is 1.16. The molecule has 4 aromatic rings. The van der Waals surface area contributed by atoms with Crippen molar-refractivity contribution in [3.63, 3.8) is 0 Å². The molecule has 3 aromatic carbocycles. The summed E-state index contributed by atoms with van der Waals surface area (Å²) in [7, 11) is 6.64. The molecule has 1 N–H and O–H groups in total. The van der Waals surface area contributed by atoms with E-state index in [9.17, 15) is 0 Å². The first-order chi connectivity index (χ1) is 15.1. The standard InChI is InChI=1S/C26H27NO4/c1-16-12-17(10-11-22(16)28-2)26(20-15-27-21-9-7-6-8-18(20)21)19-13-24(30-4)25(31-5)14-23(19)29-3/h6-15,26-27H,1-5H3. The lowest BCUT2D eigenvalue weighted by Crippen LogP contribution is -2.07. The molecule has 0 radical (unpaired) electrons. The molecule has 1 heterocycles. The van der Waals surface area contributed by atoms with Crippen molar-refractivity contribution < 1.29 is 18.9 Å². The lowest BCUT2D eigenvalue weighted by Gasteiger charge is -2.23. The van der Waals surface area contributed by atoms with Crippen LogP contribution < -0.4 is 18.9 Å². The van der Waals surface area contributed by atoms with Crippen molar-refractivity contribution in [2.24, 2.45) is 0 Å². The highest BCUT2D eigenvalue weighted by Crippen LogP contribution is 2.45. The van der Waals surface area contributed by atoms with Gasteiger partial charge in [-0.2, -0.15) is 0 Å². The van der Waals surface area contributed by atoms with E-state index in [-0.39, 0.29) is 5.92 Å². The molecule has 0 aliphatic rings. The van der Waals surface area contributed by atoms with Gasteiger partial charge in [0.05, 0.1) is 28.4 Å². The summed E-state index contributed by atoms with van der Waals surface area (Å²) in [6.45, 7) is 2.06. The highest BCUT2D eigenvalue weighted by Gasteiger charge is 2.26. The Bertz CT molecular complexity index is 1210. The van der Waals surface area contributed by atoms with Crippen molar-refractivity contribution >= 4 is 10.9 Å². The van der Waals surface area contributed by atoms with E-state index in [0.717, 1.165) is 44.7 Å². The average Bonchev–Trinajstić information content (AvgIpc) is 3.23. The number of aromatic nitrogens is 1. The Morgan fingerprint density at radius 1 is 0.677 bits per heavy atom. The molecule has 1 atom stereocenters. The summed E-state index contributed by atoms with van der Waals surface area (Å²) in [6.07, 6.45) is 2.07. The topological polar surface area (TPSA) is 52.7 Å². The molecule has 0 amide bonds. The number of aryl methyl sites for hydroxylation is 1. The van der Waals surface area contributed by atoms with Gasteiger partial charge in [-0.15, -0.1) is 0 Å². The Kier molecular flexibility index (Phi) is 5.76. The molecule has 0 bridgehead atoms. The predicted octanol–water partition coefficient (Wildman–Crippen LogP) is 5.69. The fraction of sp³-hybridized carbons (Fsp3) is 0.231. The van der Waals surface area contributed by atoms with Gasteiger partial charge in [-0.05, 0) is 41.8 Å². The molecule has 4 rings (SSSR count). The number of para-hydroxylation sites is 1. The Morgan fingerprint density at radius 2 is 1.35 bits per heavy atom. The highest BCUT2D eigenvalue weighted by atomic mass is 16.5. The maximum absolute atomic E-state index is 5.80. The molecule has 160 valence electrons. The van der Waals surface area contributed by atoms with Crippen molar-refractivity contribution in [1.82, 2.24) is 4.98 Å². The smallest absolute Gasteiger partial charge is 0.164 e. The van der Waals surface area contributed by atoms with Crippen LogP contribution in [0.4, 0.5) is 0 Å². The zero-order valence-corrected chi connectivity index (χ0v) is 18.5. The van der Waals surface area contributed by atoms with Crippen LogP contribution in [0.25, 0.3) is 10.9 Å². The van der Waals surface area contributed by atoms with Crippen molar-refractivity contribution in [1.29, 1.82) is 0 Å². The monoisotopic (exact) mass is 417 g/mol. The maximum Gasteiger partial charge on any atom is 0.164 e. The number of methoxy groups -OCH3 is 4. The number of rotatable bonds is 7. The highest BCUT2D eigenvalue weighted by molar-refractivity contribution is 5.85. The minimum absolute atomic E-state index is 0.0875. The van der Waals surface area contributed by atoms with Crippen molar-refractivity contribution in [3.8, 4) is 23.0 Å². The van der Waals surface area contributed by atoms with Crippen LogP contribution >= 0.6 is 0 Å². The lowest BCUT2D eigenvalue weighted by molar-refractivity contribution is 0.347. The zero-order chi connectivity index (χ0) is 22.0. The minimum atomic E-state index is -0.0875. The van der Waals surface area contributed by atoms with E-state index in [2.05, 4.69) is 48.4 Å². The number of H-pyrrole nitrogens is 1. The molecule has 1 unspecified atom stereocenters. The minimum Gasteiger partial charge on any atom is -0.496 e. The van der Waals surface area contributed by atoms with Crippen molar-refractivity contribution in [3.05, 3.63) is 83.0 Å². The van der Waals surface area contributed by atoms with E-state index in [1.54, 1.807) is 28.4 Å². The third-order valence-corrected chi connectivity index (χ3v) is 5.73. The first kappa shape index (κ1) is 20.7. The first-order valence-electron chi connectivity index (χ1n) is 10.1. The molecule has 1 aromatic heterocycles. The molecule has 0 aliphatic carbocycles. The van der Waals surface area contributed by atoms with E-state index >= 15 is 0 Å². The molecule has 0 saturated carbocycles. The van der Waals surface area contributed by atoms with Crippen LogP contribution in [0.1, 0.15) is 28.2 Å². The van der Waals surface area contributed by atoms with Gasteiger partial charge in [0.25, 0.3) is 0 Å². The number of fused-ring (bicyclic) bond motifs is 1. The summed E-state index contributed by atoms with van der Waals surface area (Å²) in [5.74, 6) is 2.80. The van der Waals surface area contributed by atoms with Crippen molar-refractivity contribution in [2.45, 2.75) is 12.8 Å². The second-order valence-corrected chi connectivity index (χ2v) is 7.40. The third-order valence-electron chi connectivity index (χ3n) is 5.73. The van der Waals surface area contributed by atoms with Crippen LogP contribution in [0.15, 0.2) is 60.8 Å². The Morgan fingerprint density at radius 3 is 2.03 bits per heavy atom. The van der Waals surface area contributed by atoms with Gasteiger partial charge in [0.2, 0.25) is 0 Å². The molecule has 5 nitrogen and oxygen atoms in total. The molecule has 0 saturated heterocycles. The number of hydrogen-bond acceptors (Lipinski definition) is 4. The van der Waals surface area contributed by atoms with Gasteiger partial charge in [-0.25, -0.2) is 0 Å². The number of hydrogen-bond donors (Lipinski definition) is 1. The molecule has 0 aliphatic heterocycles. The predicted molar refractivity (Wildman–Crippen MR) is 123 cm³/mol. The normalized spacial score (nSPS) is 11.9. The number of benzene rings is 3. The number of nitrogens with one attached hydrogen (secondary N) is 1. The first-order valence-corrected chi connectivity index (χ1v) is 10.1. The molecular weight excluding hydrogens is 390 g/mol. The van der Waals surface area contributed by atoms with E-state index in [1.165, 1.54) is 0 Å². The summed E-state index contributed by atoms with van der Waals surface area (Å²) in [5.41, 5.74) is 5.45. The molecule has 0 fully saturated rings. The second kappa shape index (κ2) is 8.64. The van der Waals surface area contributed by atoms with Gasteiger partial charge in [0.1, 0.15) is 11.5 Å². The van der Waals surface area contributed by atoms with Crippen LogP contribution in [-0.2, 0) is 0 Å². The third kappa shape index (κ3) is 3.67. The van der Waals surface area contributed by atoms with E-state index in [1.807, 2.05) is 24.3 Å². The van der Waals surface area contributed by atoms with Gasteiger partial charge in [-0.3, -0.25) is 0 Å². The Labute approximate surface area is 182 Å². The van der Waals surface area contributed by atoms with Crippen molar-refractivity contribution in [2.75, 3.05) is 28.4 Å². The summed E-state index contributed by atoms with van der Waals surface area (Å²) in [6, 6.07) is 18.5. The van der Waals surface area contributed by atoms with Gasteiger partial charge >= 0.3 is 0 Å². The van der Waals surface area contributed by atoms with E-state index in [0.29, 0.717) is 11.5 Å². The second-order valence-electron chi connectivity index (χ2n) is 7.40. The fourth-order valence-corrected chi connectivity index (χ4v) is 4.22. The van der Waals surface area contributed by atoms with E-state index < -0.39 is 0 Å². The number of aromatic amines is 1. The number of ether oxygens (including phenoxy) is 4. The lowest BCUT2D eigenvalue weighted by atomic mass is 9.83. The largest absolute Gasteiger partial charge is 0.496 e. The molecule has 0 spiro atoms. The Balaban J connectivity index is 2.01. The van der Waals surface area contributed by atoms with Gasteiger partial charge < -0.3 is 23.9 Å². The van der Waals surface area contributed by atoms with Crippen LogP contribution in [0.2, 0.25) is 0 Å². The quantitative estimate of drug-likeness (QED) is 0.420. The average molecular weight is 418 g/mol. The van der Waals surface area contributed by atoms with Crippen LogP contribution in [-0.4, -0.2) is 33.4 Å². The van der Waals surface area contributed by atoms with Gasteiger partial charge in [-0.1, -0.05) is 30.3 Å². The molecule has 31 heavy (non-hydrogen) atoms. The van der Waals surface area contributed by atoms with E-state index in [4.69, 9.17) is 18.9 Å². The van der Waals surface area contributed by atoms with Gasteiger partial charge in [0.15, 0.2) is 11.5 Å². The zero-order valence-electron chi connectivity index (χ0n) is 18.5. The Hall–Kier alpha value is -3.60. The SMILES string of the molecule is COc1ccc(C(c2cc(OC)c(OC)cc2OC)c2c[nH]c3ccccc23)cc1C. The maximum atomic E-state index is 5.80. The summed E-state index contributed by atoms with van der Waals surface area (Å²) < 4.78 is 22.4. The van der Waals surface area contributed by atoms with Crippen LogP contribution in [0.5, 0.6) is 23.0 Å². The summed E-state index contributed by atoms with van der Waals surface area (Å²) >= 11 is 0. The summed E-state index contributed by atoms with van der Waals surface area (Å²) in [4.78, 5) is 3.41.